The van der Waals surface area contributed by atoms with Gasteiger partial charge in [-0.05, 0) is 38.0 Å². The van der Waals surface area contributed by atoms with Crippen LogP contribution in [0.5, 0.6) is 0 Å². The number of halogens is 3. The second-order valence-electron chi connectivity index (χ2n) is 12.5. The highest BCUT2D eigenvalue weighted by molar-refractivity contribution is 7.62. The number of likely N-dealkylation sites (tertiary alicyclic amines) is 1. The minimum absolute atomic E-state index is 0.0726. The van der Waals surface area contributed by atoms with Crippen LogP contribution in [0, 0.1) is 5.82 Å². The van der Waals surface area contributed by atoms with Crippen LogP contribution in [-0.2, 0) is 55.4 Å². The van der Waals surface area contributed by atoms with Crippen molar-refractivity contribution in [2.45, 2.75) is 91.0 Å². The van der Waals surface area contributed by atoms with Crippen molar-refractivity contribution >= 4 is 64.9 Å². The first-order valence-corrected chi connectivity index (χ1v) is 19.2. The summed E-state index contributed by atoms with van der Waals surface area (Å²) in [5.74, 6) is -3.58. The number of hydrogen-bond donors (Lipinski definition) is 1. The fourth-order valence-electron chi connectivity index (χ4n) is 5.69. The van der Waals surface area contributed by atoms with Crippen LogP contribution >= 0.6 is 19.2 Å². The molecule has 1 aliphatic rings. The zero-order valence-electron chi connectivity index (χ0n) is 29.7. The first-order valence-electron chi connectivity index (χ1n) is 17.3. The van der Waals surface area contributed by atoms with Gasteiger partial charge in [0.2, 0.25) is 25.4 Å². The molecule has 13 nitrogen and oxygen atoms in total. The Balaban J connectivity index is 1.59. The van der Waals surface area contributed by atoms with Gasteiger partial charge in [0.1, 0.15) is 24.6 Å². The van der Waals surface area contributed by atoms with E-state index in [4.69, 9.17) is 30.1 Å². The number of ether oxygens (including phenoxy) is 2. The van der Waals surface area contributed by atoms with E-state index in [-0.39, 0.29) is 65.1 Å². The Bertz CT molecular complexity index is 1840. The van der Waals surface area contributed by atoms with Gasteiger partial charge in [0.05, 0.1) is 22.4 Å². The number of alkyl halides is 1. The lowest BCUT2D eigenvalue weighted by Crippen LogP contribution is -2.46. The van der Waals surface area contributed by atoms with Crippen LogP contribution in [0.4, 0.5) is 8.78 Å². The number of nitrogens with zero attached hydrogens (tertiary/aromatic N) is 2. The summed E-state index contributed by atoms with van der Waals surface area (Å²) in [6.07, 6.45) is 2.49. The Morgan fingerprint density at radius 1 is 0.981 bits per heavy atom. The van der Waals surface area contributed by atoms with Gasteiger partial charge < -0.3 is 24.3 Å². The molecular formula is C36H43ClF2N3O10P. The van der Waals surface area contributed by atoms with Crippen LogP contribution in [0.3, 0.4) is 0 Å². The Labute approximate surface area is 310 Å². The maximum Gasteiger partial charge on any atom is 0.367 e. The number of aromatic nitrogens is 1. The third-order valence-electron chi connectivity index (χ3n) is 8.58. The molecule has 1 N–H and O–H groups in total. The molecule has 0 radical (unpaired) electrons. The average Bonchev–Trinajstić information content (AvgIpc) is 3.70. The molecule has 0 bridgehead atoms. The van der Waals surface area contributed by atoms with Crippen LogP contribution in [0.1, 0.15) is 81.6 Å². The van der Waals surface area contributed by atoms with E-state index in [0.717, 1.165) is 17.7 Å². The number of nitrogens with one attached hydrogen (secondary N) is 1. The van der Waals surface area contributed by atoms with Crippen molar-refractivity contribution in [2.24, 2.45) is 0 Å². The topological polar surface area (TPSA) is 160 Å². The fourth-order valence-corrected chi connectivity index (χ4v) is 7.18. The van der Waals surface area contributed by atoms with E-state index < -0.39 is 69.5 Å². The number of ketones is 1. The van der Waals surface area contributed by atoms with Crippen LogP contribution in [-0.4, -0.2) is 71.3 Å². The van der Waals surface area contributed by atoms with E-state index >= 15 is 0 Å². The van der Waals surface area contributed by atoms with Gasteiger partial charge in [-0.25, -0.2) is 8.78 Å². The molecule has 2 amide bonds. The zero-order valence-corrected chi connectivity index (χ0v) is 31.4. The highest BCUT2D eigenvalue weighted by Crippen LogP contribution is 2.47. The maximum absolute atomic E-state index is 14.7. The third kappa shape index (κ3) is 10.9. The van der Waals surface area contributed by atoms with Gasteiger partial charge >= 0.3 is 19.5 Å². The van der Waals surface area contributed by atoms with E-state index in [1.807, 2.05) is 13.8 Å². The number of rotatable bonds is 19. The molecule has 1 aliphatic heterocycles. The molecule has 0 saturated carbocycles. The molecule has 0 unspecified atom stereocenters. The minimum Gasteiger partial charge on any atom is -0.438 e. The van der Waals surface area contributed by atoms with Crippen molar-refractivity contribution in [1.29, 1.82) is 0 Å². The fraction of sp³-hybridized carbons (Fsp3) is 0.472. The number of unbranched alkanes of at least 4 members (excludes halogenated alkanes) is 2. The Morgan fingerprint density at radius 2 is 1.62 bits per heavy atom. The van der Waals surface area contributed by atoms with Gasteiger partial charge in [0.15, 0.2) is 5.78 Å². The highest BCUT2D eigenvalue weighted by Gasteiger charge is 2.40. The quantitative estimate of drug-likeness (QED) is 0.0650. The van der Waals surface area contributed by atoms with Crippen LogP contribution in [0.25, 0.3) is 10.9 Å². The SMILES string of the molecule is CCCCC(=O)OCOP(=O)(OCOC(=O)CCCC)c1ccc2c(C(C)=O)cn(CC(=O)N3C[C@H](F)C[C@H]3C(=O)NCc3cccc(Cl)c3F)c2c1. The van der Waals surface area contributed by atoms with Crippen LogP contribution in [0.15, 0.2) is 42.6 Å². The molecule has 1 aromatic heterocycles. The second kappa shape index (κ2) is 19.2. The summed E-state index contributed by atoms with van der Waals surface area (Å²) in [5, 5.41) is 2.72. The molecule has 53 heavy (non-hydrogen) atoms. The minimum atomic E-state index is -4.39. The van der Waals surface area contributed by atoms with E-state index in [0.29, 0.717) is 18.2 Å². The Morgan fingerprint density at radius 3 is 2.23 bits per heavy atom. The van der Waals surface area contributed by atoms with E-state index in [1.165, 1.54) is 54.1 Å². The predicted octanol–water partition coefficient (Wildman–Crippen LogP) is 6.13. The molecule has 2 atom stereocenters. The molecule has 3 aromatic rings. The third-order valence-corrected chi connectivity index (χ3v) is 10.7. The molecule has 288 valence electrons. The number of esters is 2. The molecule has 2 aromatic carbocycles. The molecule has 1 saturated heterocycles. The summed E-state index contributed by atoms with van der Waals surface area (Å²) in [5.41, 5.74) is 0.564. The predicted molar refractivity (Wildman–Crippen MR) is 191 cm³/mol. The Hall–Kier alpha value is -4.17. The molecular weight excluding hydrogens is 739 g/mol. The molecule has 4 rings (SSSR count). The number of carbonyl (C=O) groups excluding carboxylic acids is 5. The lowest BCUT2D eigenvalue weighted by Gasteiger charge is -2.24. The monoisotopic (exact) mass is 781 g/mol. The van der Waals surface area contributed by atoms with Crippen molar-refractivity contribution in [2.75, 3.05) is 20.1 Å². The van der Waals surface area contributed by atoms with Crippen molar-refractivity contribution < 1.29 is 55.8 Å². The second-order valence-corrected chi connectivity index (χ2v) is 14.9. The Kier molecular flexibility index (Phi) is 15.1. The lowest BCUT2D eigenvalue weighted by atomic mass is 10.1. The van der Waals surface area contributed by atoms with Crippen LogP contribution < -0.4 is 10.6 Å². The normalized spacial score (nSPS) is 15.8. The van der Waals surface area contributed by atoms with E-state index in [2.05, 4.69) is 5.32 Å². The van der Waals surface area contributed by atoms with E-state index in [1.54, 1.807) is 0 Å². The van der Waals surface area contributed by atoms with Gasteiger partial charge in [0.25, 0.3) is 0 Å². The van der Waals surface area contributed by atoms with Gasteiger partial charge in [-0.3, -0.25) is 37.6 Å². The number of benzene rings is 2. The molecule has 0 spiro atoms. The number of hydrogen-bond acceptors (Lipinski definition) is 10. The summed E-state index contributed by atoms with van der Waals surface area (Å²) in [6, 6.07) is 7.31. The van der Waals surface area contributed by atoms with Crippen molar-refractivity contribution in [3.8, 4) is 0 Å². The smallest absolute Gasteiger partial charge is 0.367 e. The number of fused-ring (bicyclic) bond motifs is 1. The number of amides is 2. The average molecular weight is 782 g/mol. The standard InChI is InChI=1S/C36H43ClF2N3O10P/c1-4-6-11-33(45)49-21-51-53(48,52-22-50-34(46)12-7-5-2)26-13-14-27-28(23(3)43)19-41(30(27)16-26)20-32(44)42-18-25(38)15-31(42)36(47)40-17-24-9-8-10-29(37)35(24)39/h8-10,13-14,16,19,25,31H,4-7,11-12,15,17-18,20-22H2,1-3H3,(H,40,47)/t25-,31+/m1/s1. The molecule has 0 aliphatic carbocycles. The number of carbonyl (C=O) groups is 5. The first-order chi connectivity index (χ1) is 25.3. The summed E-state index contributed by atoms with van der Waals surface area (Å²) < 4.78 is 65.8. The first kappa shape index (κ1) is 41.6. The summed E-state index contributed by atoms with van der Waals surface area (Å²) in [6.45, 7) is 2.56. The molecule has 17 heteroatoms. The maximum atomic E-state index is 14.7. The summed E-state index contributed by atoms with van der Waals surface area (Å²) >= 11 is 5.83. The zero-order chi connectivity index (χ0) is 38.7. The summed E-state index contributed by atoms with van der Waals surface area (Å²) in [7, 11) is -4.39. The number of Topliss-reactive ketones (excluding diaryl/α,β-unsaturated/α-hetero) is 1. The summed E-state index contributed by atoms with van der Waals surface area (Å²) in [4.78, 5) is 64.8. The highest BCUT2D eigenvalue weighted by atomic mass is 35.5. The molecule has 1 fully saturated rings. The molecule has 2 heterocycles. The largest absolute Gasteiger partial charge is 0.438 e. The van der Waals surface area contributed by atoms with Crippen molar-refractivity contribution in [3.63, 3.8) is 0 Å². The lowest BCUT2D eigenvalue weighted by molar-refractivity contribution is -0.152. The van der Waals surface area contributed by atoms with Gasteiger partial charge in [-0.15, -0.1) is 0 Å². The van der Waals surface area contributed by atoms with Gasteiger partial charge in [-0.2, -0.15) is 0 Å². The van der Waals surface area contributed by atoms with E-state index in [9.17, 15) is 37.3 Å². The van der Waals surface area contributed by atoms with Gasteiger partial charge in [-0.1, -0.05) is 56.5 Å². The van der Waals surface area contributed by atoms with Crippen LogP contribution in [0.2, 0.25) is 5.02 Å². The van der Waals surface area contributed by atoms with Gasteiger partial charge in [0, 0.05) is 48.5 Å². The van der Waals surface area contributed by atoms with Crippen molar-refractivity contribution in [1.82, 2.24) is 14.8 Å². The van der Waals surface area contributed by atoms with Crippen molar-refractivity contribution in [3.05, 3.63) is 64.6 Å².